The fourth-order valence-corrected chi connectivity index (χ4v) is 4.72. The summed E-state index contributed by atoms with van der Waals surface area (Å²) in [4.78, 5) is 21.8. The summed E-state index contributed by atoms with van der Waals surface area (Å²) in [7, 11) is -3.84. The van der Waals surface area contributed by atoms with Gasteiger partial charge in [0.05, 0.1) is 5.69 Å². The molecule has 1 aliphatic heterocycles. The molecular weight excluding hydrogens is 421 g/mol. The summed E-state index contributed by atoms with van der Waals surface area (Å²) in [6.45, 7) is 14.2. The molecule has 1 fully saturated rings. The molecule has 1 saturated heterocycles. The first kappa shape index (κ1) is 22.7. The molecule has 2 heterocycles. The largest absolute Gasteiger partial charge is 0.361 e. The molecule has 3 rings (SSSR count). The highest BCUT2D eigenvalue weighted by atomic mass is 32.2. The number of halogens is 1. The zero-order valence-electron chi connectivity index (χ0n) is 17.5. The molecule has 2 amide bonds. The van der Waals surface area contributed by atoms with Crippen molar-refractivity contribution >= 4 is 27.6 Å². The van der Waals surface area contributed by atoms with Crippen LogP contribution in [0, 0.1) is 12.4 Å². The Balaban J connectivity index is 1.94. The molecule has 10 heteroatoms. The number of rotatable bonds is 6. The fourth-order valence-electron chi connectivity index (χ4n) is 3.43. The van der Waals surface area contributed by atoms with Gasteiger partial charge in [0.25, 0.3) is 5.82 Å². The van der Waals surface area contributed by atoms with Crippen LogP contribution >= 0.6 is 0 Å². The number of amides is 2. The summed E-state index contributed by atoms with van der Waals surface area (Å²) in [5, 5.41) is 1.94. The van der Waals surface area contributed by atoms with Crippen molar-refractivity contribution in [3.8, 4) is 11.1 Å². The van der Waals surface area contributed by atoms with E-state index in [1.807, 2.05) is 25.7 Å². The number of urea groups is 1. The number of hydrogen-bond acceptors (Lipinski definition) is 5. The van der Waals surface area contributed by atoms with Crippen molar-refractivity contribution in [1.29, 1.82) is 0 Å². The Morgan fingerprint density at radius 1 is 1.35 bits per heavy atom. The van der Waals surface area contributed by atoms with Gasteiger partial charge in [0, 0.05) is 18.7 Å². The third kappa shape index (κ3) is 5.00. The molecule has 0 aliphatic carbocycles. The molecule has 0 saturated carbocycles. The number of carbonyl (C=O) groups excluding carboxylic acids is 1. The van der Waals surface area contributed by atoms with Crippen LogP contribution in [-0.4, -0.2) is 49.2 Å². The first-order valence-corrected chi connectivity index (χ1v) is 11.4. The Bertz CT molecular complexity index is 1140. The van der Waals surface area contributed by atoms with Crippen LogP contribution in [0.25, 0.3) is 16.0 Å². The Morgan fingerprint density at radius 2 is 2.06 bits per heavy atom. The van der Waals surface area contributed by atoms with Crippen molar-refractivity contribution < 1.29 is 17.6 Å². The standard InChI is InChI=1S/C21H24FN5O3S/c1-5-27-11-16(12-27)31(29,30)26-21(28)25-20-17(13(2)3)9-15(22)10-18(20)14-6-7-24-19(8-14)23-4/h6-10,13,16H,5,11-12H2,1-3H3,(H2,25,26,28). The third-order valence-electron chi connectivity index (χ3n) is 5.21. The van der Waals surface area contributed by atoms with E-state index in [0.29, 0.717) is 29.8 Å². The molecule has 2 N–H and O–H groups in total. The molecule has 1 aromatic heterocycles. The number of likely N-dealkylation sites (tertiary alicyclic amines) is 1. The van der Waals surface area contributed by atoms with Gasteiger partial charge in [-0.2, -0.15) is 0 Å². The van der Waals surface area contributed by atoms with Crippen molar-refractivity contribution in [2.75, 3.05) is 25.0 Å². The minimum Gasteiger partial charge on any atom is -0.361 e. The summed E-state index contributed by atoms with van der Waals surface area (Å²) in [6.07, 6.45) is 1.42. The quantitative estimate of drug-likeness (QED) is 0.661. The SMILES string of the molecule is [C-]#[N+]c1cc(-c2cc(F)cc(C(C)C)c2NC(=O)NS(=O)(=O)C2CN(CC)C2)ccn1. The number of carbonyl (C=O) groups is 1. The summed E-state index contributed by atoms with van der Waals surface area (Å²) in [5.41, 5.74) is 1.61. The van der Waals surface area contributed by atoms with Gasteiger partial charge in [0.2, 0.25) is 10.0 Å². The van der Waals surface area contributed by atoms with E-state index in [2.05, 4.69) is 19.9 Å². The van der Waals surface area contributed by atoms with Crippen LogP contribution in [0.3, 0.4) is 0 Å². The smallest absolute Gasteiger partial charge is 0.332 e. The Kier molecular flexibility index (Phi) is 6.57. The number of benzene rings is 1. The fraction of sp³-hybridized carbons (Fsp3) is 0.381. The van der Waals surface area contributed by atoms with E-state index in [-0.39, 0.29) is 17.4 Å². The average molecular weight is 446 g/mol. The summed E-state index contributed by atoms with van der Waals surface area (Å²) >= 11 is 0. The number of nitrogens with one attached hydrogen (secondary N) is 2. The van der Waals surface area contributed by atoms with Gasteiger partial charge >= 0.3 is 6.03 Å². The second kappa shape index (κ2) is 8.99. The van der Waals surface area contributed by atoms with E-state index in [4.69, 9.17) is 6.57 Å². The van der Waals surface area contributed by atoms with Crippen LogP contribution in [0.4, 0.5) is 20.7 Å². The van der Waals surface area contributed by atoms with Crippen LogP contribution in [-0.2, 0) is 10.0 Å². The van der Waals surface area contributed by atoms with Crippen molar-refractivity contribution in [3.63, 3.8) is 0 Å². The molecule has 164 valence electrons. The first-order valence-electron chi connectivity index (χ1n) is 9.87. The molecule has 2 aromatic rings. The topological polar surface area (TPSA) is 95.8 Å². The van der Waals surface area contributed by atoms with Crippen LogP contribution in [0.2, 0.25) is 0 Å². The lowest BCUT2D eigenvalue weighted by Crippen LogP contribution is -2.58. The lowest BCUT2D eigenvalue weighted by molar-refractivity contribution is 0.194. The average Bonchev–Trinajstić information content (AvgIpc) is 2.67. The van der Waals surface area contributed by atoms with Crippen molar-refractivity contribution in [3.05, 3.63) is 53.3 Å². The van der Waals surface area contributed by atoms with Crippen LogP contribution < -0.4 is 10.0 Å². The van der Waals surface area contributed by atoms with E-state index in [0.717, 1.165) is 6.54 Å². The highest BCUT2D eigenvalue weighted by molar-refractivity contribution is 7.90. The first-order chi connectivity index (χ1) is 14.6. The van der Waals surface area contributed by atoms with Gasteiger partial charge in [-0.05, 0) is 47.9 Å². The second-order valence-electron chi connectivity index (χ2n) is 7.66. The maximum Gasteiger partial charge on any atom is 0.332 e. The van der Waals surface area contributed by atoms with Crippen molar-refractivity contribution in [2.45, 2.75) is 31.9 Å². The van der Waals surface area contributed by atoms with Crippen LogP contribution in [0.1, 0.15) is 32.3 Å². The van der Waals surface area contributed by atoms with Crippen molar-refractivity contribution in [2.24, 2.45) is 0 Å². The minimum atomic E-state index is -3.84. The summed E-state index contributed by atoms with van der Waals surface area (Å²) < 4.78 is 41.4. The lowest BCUT2D eigenvalue weighted by atomic mass is 9.94. The number of aromatic nitrogens is 1. The molecule has 1 aliphatic rings. The zero-order valence-corrected chi connectivity index (χ0v) is 18.3. The maximum atomic E-state index is 14.4. The predicted octanol–water partition coefficient (Wildman–Crippen LogP) is 3.72. The van der Waals surface area contributed by atoms with Gasteiger partial charge in [-0.3, -0.25) is 0 Å². The number of pyridine rings is 1. The Labute approximate surface area is 181 Å². The molecule has 0 atom stereocenters. The van der Waals surface area contributed by atoms with Gasteiger partial charge in [0.15, 0.2) is 0 Å². The van der Waals surface area contributed by atoms with Crippen LogP contribution in [0.15, 0.2) is 30.5 Å². The number of sulfonamides is 1. The van der Waals surface area contributed by atoms with Gasteiger partial charge in [-0.15, -0.1) is 4.98 Å². The van der Waals surface area contributed by atoms with Gasteiger partial charge < -0.3 is 15.1 Å². The molecule has 0 unspecified atom stereocenters. The van der Waals surface area contributed by atoms with Gasteiger partial charge in [-0.1, -0.05) is 27.3 Å². The molecule has 0 spiro atoms. The van der Waals surface area contributed by atoms with E-state index < -0.39 is 27.1 Å². The molecule has 8 nitrogen and oxygen atoms in total. The molecule has 31 heavy (non-hydrogen) atoms. The lowest BCUT2D eigenvalue weighted by Gasteiger charge is -2.37. The monoisotopic (exact) mass is 445 g/mol. The van der Waals surface area contributed by atoms with E-state index in [9.17, 15) is 17.6 Å². The van der Waals surface area contributed by atoms with Gasteiger partial charge in [0.1, 0.15) is 17.3 Å². The molecular formula is C21H24FN5O3S. The summed E-state index contributed by atoms with van der Waals surface area (Å²) in [5.74, 6) is -0.544. The third-order valence-corrected chi connectivity index (χ3v) is 6.86. The minimum absolute atomic E-state index is 0.122. The second-order valence-corrected chi connectivity index (χ2v) is 9.62. The normalized spacial score (nSPS) is 14.7. The summed E-state index contributed by atoms with van der Waals surface area (Å²) in [6, 6.07) is 4.72. The Hall–Kier alpha value is -3.03. The van der Waals surface area contributed by atoms with E-state index in [1.54, 1.807) is 6.07 Å². The molecule has 0 radical (unpaired) electrons. The molecule has 0 bridgehead atoms. The highest BCUT2D eigenvalue weighted by Crippen LogP contribution is 2.36. The maximum absolute atomic E-state index is 14.4. The van der Waals surface area contributed by atoms with E-state index >= 15 is 0 Å². The zero-order chi connectivity index (χ0) is 22.8. The van der Waals surface area contributed by atoms with Gasteiger partial charge in [-0.25, -0.2) is 22.3 Å². The predicted molar refractivity (Wildman–Crippen MR) is 117 cm³/mol. The van der Waals surface area contributed by atoms with Crippen LogP contribution in [0.5, 0.6) is 0 Å². The number of nitrogens with zero attached hydrogens (tertiary/aromatic N) is 3. The van der Waals surface area contributed by atoms with E-state index in [1.165, 1.54) is 24.4 Å². The highest BCUT2D eigenvalue weighted by Gasteiger charge is 2.37. The molecule has 1 aromatic carbocycles. The number of anilines is 1. The Morgan fingerprint density at radius 3 is 2.68 bits per heavy atom. The number of hydrogen-bond donors (Lipinski definition) is 2. The van der Waals surface area contributed by atoms with Crippen molar-refractivity contribution in [1.82, 2.24) is 14.6 Å².